The van der Waals surface area contributed by atoms with Crippen LogP contribution in [-0.2, 0) is 6.61 Å². The number of aromatic nitrogens is 2. The highest BCUT2D eigenvalue weighted by Crippen LogP contribution is 2.39. The fourth-order valence-corrected chi connectivity index (χ4v) is 4.31. The highest BCUT2D eigenvalue weighted by Gasteiger charge is 2.20. The van der Waals surface area contributed by atoms with Crippen LogP contribution < -0.4 is 16.2 Å². The minimum Gasteiger partial charge on any atom is -0.489 e. The van der Waals surface area contributed by atoms with Gasteiger partial charge in [0.25, 0.3) is 5.91 Å². The second kappa shape index (κ2) is 8.10. The third-order valence-corrected chi connectivity index (χ3v) is 6.01. The van der Waals surface area contributed by atoms with E-state index in [-0.39, 0.29) is 0 Å². The standard InChI is InChI=1S/C21H18N4O2S2/c1-28-21-24-17(15-16(22)18(19(23)26)29-20(15)25-21)13-7-9-14(10-8-13)27-11-12-5-3-2-4-6-12/h2-10H,11,22H2,1H3,(H2,23,26). The minimum atomic E-state index is -0.563. The molecule has 29 heavy (non-hydrogen) atoms. The maximum atomic E-state index is 11.7. The van der Waals surface area contributed by atoms with Crippen LogP contribution in [0.2, 0.25) is 0 Å². The first-order valence-electron chi connectivity index (χ1n) is 8.77. The molecular weight excluding hydrogens is 404 g/mol. The van der Waals surface area contributed by atoms with Crippen molar-refractivity contribution in [1.82, 2.24) is 9.97 Å². The smallest absolute Gasteiger partial charge is 0.260 e. The van der Waals surface area contributed by atoms with Gasteiger partial charge in [-0.1, -0.05) is 42.1 Å². The van der Waals surface area contributed by atoms with E-state index >= 15 is 0 Å². The molecule has 4 N–H and O–H groups in total. The summed E-state index contributed by atoms with van der Waals surface area (Å²) in [5.74, 6) is 0.191. The molecule has 2 aromatic carbocycles. The van der Waals surface area contributed by atoms with Gasteiger partial charge >= 0.3 is 0 Å². The Morgan fingerprint density at radius 1 is 1.10 bits per heavy atom. The van der Waals surface area contributed by atoms with Gasteiger partial charge in [0, 0.05) is 5.56 Å². The van der Waals surface area contributed by atoms with Gasteiger partial charge in [0.15, 0.2) is 5.16 Å². The Morgan fingerprint density at radius 2 is 1.83 bits per heavy atom. The predicted molar refractivity (Wildman–Crippen MR) is 118 cm³/mol. The number of rotatable bonds is 6. The van der Waals surface area contributed by atoms with Crippen LogP contribution in [0.4, 0.5) is 5.69 Å². The van der Waals surface area contributed by atoms with Crippen LogP contribution in [0.5, 0.6) is 5.75 Å². The number of carbonyl (C=O) groups is 1. The molecule has 2 heterocycles. The predicted octanol–water partition coefficient (Wildman–Crippen LogP) is 4.34. The van der Waals surface area contributed by atoms with E-state index in [9.17, 15) is 4.79 Å². The Kier molecular flexibility index (Phi) is 5.37. The summed E-state index contributed by atoms with van der Waals surface area (Å²) in [5, 5.41) is 1.26. The second-order valence-corrected chi connectivity index (χ2v) is 8.02. The number of thioether (sulfide) groups is 1. The number of fused-ring (bicyclic) bond motifs is 1. The summed E-state index contributed by atoms with van der Waals surface area (Å²) >= 11 is 2.62. The van der Waals surface area contributed by atoms with Gasteiger partial charge in [-0.15, -0.1) is 11.3 Å². The van der Waals surface area contributed by atoms with E-state index in [0.29, 0.717) is 38.2 Å². The quantitative estimate of drug-likeness (QED) is 0.354. The number of hydrogen-bond donors (Lipinski definition) is 2. The van der Waals surface area contributed by atoms with Crippen molar-refractivity contribution in [2.24, 2.45) is 5.73 Å². The van der Waals surface area contributed by atoms with E-state index < -0.39 is 5.91 Å². The van der Waals surface area contributed by atoms with E-state index in [0.717, 1.165) is 16.9 Å². The van der Waals surface area contributed by atoms with Gasteiger partial charge in [0.05, 0.1) is 16.8 Å². The highest BCUT2D eigenvalue weighted by atomic mass is 32.2. The molecule has 0 spiro atoms. The molecule has 0 unspecified atom stereocenters. The van der Waals surface area contributed by atoms with Crippen molar-refractivity contribution < 1.29 is 9.53 Å². The van der Waals surface area contributed by atoms with Crippen LogP contribution in [0.1, 0.15) is 15.2 Å². The summed E-state index contributed by atoms with van der Waals surface area (Å²) in [7, 11) is 0. The maximum Gasteiger partial charge on any atom is 0.260 e. The number of amides is 1. The van der Waals surface area contributed by atoms with Gasteiger partial charge in [-0.3, -0.25) is 4.79 Å². The fraction of sp³-hybridized carbons (Fsp3) is 0.0952. The molecule has 4 rings (SSSR count). The zero-order valence-corrected chi connectivity index (χ0v) is 17.2. The molecule has 8 heteroatoms. The van der Waals surface area contributed by atoms with Crippen molar-refractivity contribution in [1.29, 1.82) is 0 Å². The lowest BCUT2D eigenvalue weighted by Gasteiger charge is -2.09. The Balaban J connectivity index is 1.69. The molecule has 0 saturated heterocycles. The molecule has 0 fully saturated rings. The van der Waals surface area contributed by atoms with Crippen molar-refractivity contribution in [3.63, 3.8) is 0 Å². The lowest BCUT2D eigenvalue weighted by atomic mass is 10.1. The zero-order chi connectivity index (χ0) is 20.4. The topological polar surface area (TPSA) is 104 Å². The molecule has 0 bridgehead atoms. The summed E-state index contributed by atoms with van der Waals surface area (Å²) in [4.78, 5) is 21.8. The number of anilines is 1. The Hall–Kier alpha value is -3.10. The molecule has 1 amide bonds. The lowest BCUT2D eigenvalue weighted by Crippen LogP contribution is -2.10. The van der Waals surface area contributed by atoms with Crippen molar-refractivity contribution >= 4 is 44.9 Å². The lowest BCUT2D eigenvalue weighted by molar-refractivity contribution is 0.100. The Morgan fingerprint density at radius 3 is 2.48 bits per heavy atom. The molecule has 4 aromatic rings. The van der Waals surface area contributed by atoms with Crippen LogP contribution in [0.3, 0.4) is 0 Å². The van der Waals surface area contributed by atoms with Crippen molar-refractivity contribution in [3.8, 4) is 17.0 Å². The Bertz CT molecular complexity index is 1170. The summed E-state index contributed by atoms with van der Waals surface area (Å²) in [5.41, 5.74) is 14.6. The molecule has 2 aromatic heterocycles. The van der Waals surface area contributed by atoms with E-state index in [1.165, 1.54) is 23.1 Å². The molecular formula is C21H18N4O2S2. The average molecular weight is 423 g/mol. The number of nitrogen functional groups attached to an aromatic ring is 1. The monoisotopic (exact) mass is 422 g/mol. The first-order chi connectivity index (χ1) is 14.1. The third-order valence-electron chi connectivity index (χ3n) is 4.35. The normalized spacial score (nSPS) is 10.9. The zero-order valence-electron chi connectivity index (χ0n) is 15.6. The SMILES string of the molecule is CSc1nc(-c2ccc(OCc3ccccc3)cc2)c2c(N)c(C(N)=O)sc2n1. The van der Waals surface area contributed by atoms with E-state index in [1.807, 2.05) is 60.9 Å². The molecule has 0 aliphatic heterocycles. The minimum absolute atomic E-state index is 0.302. The van der Waals surface area contributed by atoms with Crippen molar-refractivity contribution in [3.05, 3.63) is 65.0 Å². The number of primary amides is 1. The maximum absolute atomic E-state index is 11.7. The number of nitrogens with two attached hydrogens (primary N) is 2. The van der Waals surface area contributed by atoms with Gasteiger partial charge in [-0.2, -0.15) is 0 Å². The largest absolute Gasteiger partial charge is 0.489 e. The van der Waals surface area contributed by atoms with Gasteiger partial charge < -0.3 is 16.2 Å². The van der Waals surface area contributed by atoms with Gasteiger partial charge in [-0.25, -0.2) is 9.97 Å². The number of benzene rings is 2. The summed E-state index contributed by atoms with van der Waals surface area (Å²) < 4.78 is 5.85. The number of nitrogens with zero attached hydrogens (tertiary/aromatic N) is 2. The molecule has 0 saturated carbocycles. The summed E-state index contributed by atoms with van der Waals surface area (Å²) in [6, 6.07) is 17.6. The van der Waals surface area contributed by atoms with Crippen molar-refractivity contribution in [2.75, 3.05) is 12.0 Å². The number of thiophene rings is 1. The van der Waals surface area contributed by atoms with Crippen LogP contribution in [0.15, 0.2) is 59.8 Å². The van der Waals surface area contributed by atoms with Gasteiger partial charge in [0.2, 0.25) is 0 Å². The average Bonchev–Trinajstić information content (AvgIpc) is 3.09. The second-order valence-electron chi connectivity index (χ2n) is 6.25. The van der Waals surface area contributed by atoms with Crippen LogP contribution in [0.25, 0.3) is 21.5 Å². The van der Waals surface area contributed by atoms with E-state index in [1.54, 1.807) is 0 Å². The van der Waals surface area contributed by atoms with Crippen molar-refractivity contribution in [2.45, 2.75) is 11.8 Å². The summed E-state index contributed by atoms with van der Waals surface area (Å²) in [6.45, 7) is 0.494. The van der Waals surface area contributed by atoms with Gasteiger partial charge in [0.1, 0.15) is 22.1 Å². The third kappa shape index (κ3) is 3.90. The highest BCUT2D eigenvalue weighted by molar-refractivity contribution is 7.98. The molecule has 146 valence electrons. The van der Waals surface area contributed by atoms with Gasteiger partial charge in [-0.05, 0) is 36.1 Å². The van der Waals surface area contributed by atoms with Crippen LogP contribution in [0, 0.1) is 0 Å². The van der Waals surface area contributed by atoms with E-state index in [2.05, 4.69) is 9.97 Å². The molecule has 0 atom stereocenters. The number of ether oxygens (including phenoxy) is 1. The molecule has 0 aliphatic carbocycles. The summed E-state index contributed by atoms with van der Waals surface area (Å²) in [6.07, 6.45) is 1.90. The Labute approximate surface area is 175 Å². The van der Waals surface area contributed by atoms with Crippen LogP contribution >= 0.6 is 23.1 Å². The van der Waals surface area contributed by atoms with Crippen LogP contribution in [-0.4, -0.2) is 22.1 Å². The molecule has 6 nitrogen and oxygen atoms in total. The first kappa shape index (κ1) is 19.2. The number of carbonyl (C=O) groups excluding carboxylic acids is 1. The number of hydrogen-bond acceptors (Lipinski definition) is 7. The fourth-order valence-electron chi connectivity index (χ4n) is 2.94. The first-order valence-corrected chi connectivity index (χ1v) is 10.8. The molecule has 0 aliphatic rings. The molecule has 0 radical (unpaired) electrons. The van der Waals surface area contributed by atoms with E-state index in [4.69, 9.17) is 16.2 Å².